The summed E-state index contributed by atoms with van der Waals surface area (Å²) in [7, 11) is 0. The number of rotatable bonds is 3. The third-order valence-electron chi connectivity index (χ3n) is 2.77. The number of hydrogen-bond acceptors (Lipinski definition) is 6. The zero-order chi connectivity index (χ0) is 14.1. The van der Waals surface area contributed by atoms with Gasteiger partial charge in [-0.2, -0.15) is 14.6 Å². The van der Waals surface area contributed by atoms with Crippen LogP contribution < -0.4 is 16.0 Å². The molecule has 0 saturated heterocycles. The highest BCUT2D eigenvalue weighted by atomic mass is 32.1. The summed E-state index contributed by atoms with van der Waals surface area (Å²) in [6, 6.07) is 9.00. The number of fused-ring (bicyclic) bond motifs is 1. The predicted octanol–water partition coefficient (Wildman–Crippen LogP) is 1.62. The molecule has 2 N–H and O–H groups in total. The summed E-state index contributed by atoms with van der Waals surface area (Å²) in [6.07, 6.45) is 0. The van der Waals surface area contributed by atoms with Crippen LogP contribution in [0.15, 0.2) is 35.1 Å². The molecule has 3 rings (SSSR count). The van der Waals surface area contributed by atoms with E-state index in [1.54, 1.807) is 0 Å². The maximum Gasteiger partial charge on any atom is 0.276 e. The fraction of sp³-hybridized carbons (Fsp3) is 0.154. The quantitative estimate of drug-likeness (QED) is 0.792. The molecule has 0 atom stereocenters. The van der Waals surface area contributed by atoms with Crippen LogP contribution in [0.1, 0.15) is 10.6 Å². The molecule has 20 heavy (non-hydrogen) atoms. The molecule has 102 valence electrons. The second-order valence-electron chi connectivity index (χ2n) is 4.26. The molecule has 0 amide bonds. The first-order chi connectivity index (χ1) is 9.63. The van der Waals surface area contributed by atoms with Gasteiger partial charge in [-0.05, 0) is 18.6 Å². The van der Waals surface area contributed by atoms with Gasteiger partial charge in [-0.3, -0.25) is 4.79 Å². The van der Waals surface area contributed by atoms with Gasteiger partial charge < -0.3 is 10.5 Å². The maximum absolute atomic E-state index is 11.3. The lowest BCUT2D eigenvalue weighted by molar-refractivity contribution is 0.302. The SMILES string of the molecule is Cc1ccccc1OCc1nn2c(N)cc(=O)nc2s1. The summed E-state index contributed by atoms with van der Waals surface area (Å²) in [4.78, 5) is 15.6. The van der Waals surface area contributed by atoms with Gasteiger partial charge in [-0.15, -0.1) is 0 Å². The van der Waals surface area contributed by atoms with Gasteiger partial charge in [-0.25, -0.2) is 0 Å². The first-order valence-electron chi connectivity index (χ1n) is 5.97. The Morgan fingerprint density at radius 2 is 2.20 bits per heavy atom. The summed E-state index contributed by atoms with van der Waals surface area (Å²) in [5.41, 5.74) is 6.42. The number of aryl methyl sites for hydroxylation is 1. The van der Waals surface area contributed by atoms with Crippen LogP contribution in [0.25, 0.3) is 4.96 Å². The van der Waals surface area contributed by atoms with Crippen molar-refractivity contribution in [2.45, 2.75) is 13.5 Å². The highest BCUT2D eigenvalue weighted by molar-refractivity contribution is 7.16. The van der Waals surface area contributed by atoms with Crippen LogP contribution in [0.2, 0.25) is 0 Å². The third-order valence-corrected chi connectivity index (χ3v) is 3.65. The van der Waals surface area contributed by atoms with Gasteiger partial charge in [0.1, 0.15) is 18.2 Å². The van der Waals surface area contributed by atoms with Crippen molar-refractivity contribution >= 4 is 22.1 Å². The van der Waals surface area contributed by atoms with Gasteiger partial charge in [0.2, 0.25) is 4.96 Å². The molecule has 0 aliphatic rings. The summed E-state index contributed by atoms with van der Waals surface area (Å²) in [5, 5.41) is 4.99. The van der Waals surface area contributed by atoms with Crippen LogP contribution in [0.5, 0.6) is 5.75 Å². The Hall–Kier alpha value is -2.41. The predicted molar refractivity (Wildman–Crippen MR) is 77.1 cm³/mol. The van der Waals surface area contributed by atoms with E-state index >= 15 is 0 Å². The van der Waals surface area contributed by atoms with Crippen molar-refractivity contribution in [1.29, 1.82) is 0 Å². The van der Waals surface area contributed by atoms with Gasteiger partial charge in [0, 0.05) is 6.07 Å². The number of nitrogens with zero attached hydrogens (tertiary/aromatic N) is 3. The molecule has 2 aromatic heterocycles. The fourth-order valence-corrected chi connectivity index (χ4v) is 2.61. The lowest BCUT2D eigenvalue weighted by Gasteiger charge is -2.06. The molecule has 6 nitrogen and oxygen atoms in total. The number of para-hydroxylation sites is 1. The van der Waals surface area contributed by atoms with Crippen molar-refractivity contribution in [1.82, 2.24) is 14.6 Å². The Morgan fingerprint density at radius 1 is 1.40 bits per heavy atom. The standard InChI is InChI=1S/C13H12N4O2S/c1-8-4-2-3-5-9(8)19-7-12-16-17-10(14)6-11(18)15-13(17)20-12/h2-6H,7,14H2,1H3. The Kier molecular flexibility index (Phi) is 3.11. The zero-order valence-corrected chi connectivity index (χ0v) is 11.6. The first-order valence-corrected chi connectivity index (χ1v) is 6.79. The summed E-state index contributed by atoms with van der Waals surface area (Å²) in [5.74, 6) is 1.08. The molecule has 0 saturated carbocycles. The van der Waals surface area contributed by atoms with E-state index in [2.05, 4.69) is 10.1 Å². The Labute approximate surface area is 118 Å². The highest BCUT2D eigenvalue weighted by Gasteiger charge is 2.09. The molecule has 0 fully saturated rings. The van der Waals surface area contributed by atoms with E-state index in [4.69, 9.17) is 10.5 Å². The first kappa shape index (κ1) is 12.6. The van der Waals surface area contributed by atoms with E-state index < -0.39 is 0 Å². The van der Waals surface area contributed by atoms with Crippen LogP contribution >= 0.6 is 11.3 Å². The van der Waals surface area contributed by atoms with Gasteiger partial charge >= 0.3 is 0 Å². The molecular weight excluding hydrogens is 276 g/mol. The number of anilines is 1. The molecule has 7 heteroatoms. The van der Waals surface area contributed by atoms with E-state index in [0.717, 1.165) is 11.3 Å². The Morgan fingerprint density at radius 3 is 3.00 bits per heavy atom. The van der Waals surface area contributed by atoms with Gasteiger partial charge in [-0.1, -0.05) is 29.5 Å². The lowest BCUT2D eigenvalue weighted by Crippen LogP contribution is -2.10. The monoisotopic (exact) mass is 288 g/mol. The molecule has 1 aromatic carbocycles. The molecule has 0 radical (unpaired) electrons. The second-order valence-corrected chi connectivity index (χ2v) is 5.30. The minimum absolute atomic E-state index is 0.276. The number of benzene rings is 1. The molecule has 0 unspecified atom stereocenters. The topological polar surface area (TPSA) is 82.5 Å². The number of ether oxygens (including phenoxy) is 1. The molecule has 3 aromatic rings. The van der Waals surface area contributed by atoms with Gasteiger partial charge in [0.25, 0.3) is 5.56 Å². The second kappa shape index (κ2) is 4.93. The Balaban J connectivity index is 1.87. The lowest BCUT2D eigenvalue weighted by atomic mass is 10.2. The van der Waals surface area contributed by atoms with E-state index in [1.165, 1.54) is 21.9 Å². The number of hydrogen-bond donors (Lipinski definition) is 1. The zero-order valence-electron chi connectivity index (χ0n) is 10.7. The van der Waals surface area contributed by atoms with Gasteiger partial charge in [0.05, 0.1) is 0 Å². The smallest absolute Gasteiger partial charge is 0.276 e. The molecule has 0 aliphatic carbocycles. The molecule has 0 spiro atoms. The number of aromatic nitrogens is 3. The molecule has 0 bridgehead atoms. The molecule has 0 aliphatic heterocycles. The summed E-state index contributed by atoms with van der Waals surface area (Å²) < 4.78 is 7.16. The van der Waals surface area contributed by atoms with Crippen molar-refractivity contribution in [2.75, 3.05) is 5.73 Å². The largest absolute Gasteiger partial charge is 0.486 e. The minimum Gasteiger partial charge on any atom is -0.486 e. The van der Waals surface area contributed by atoms with E-state index in [1.807, 2.05) is 31.2 Å². The minimum atomic E-state index is -0.363. The highest BCUT2D eigenvalue weighted by Crippen LogP contribution is 2.20. The van der Waals surface area contributed by atoms with Crippen molar-refractivity contribution < 1.29 is 4.74 Å². The average Bonchev–Trinajstić information content (AvgIpc) is 2.81. The average molecular weight is 288 g/mol. The number of nitrogen functional groups attached to an aromatic ring is 1. The number of nitrogens with two attached hydrogens (primary N) is 1. The Bertz CT molecular complexity index is 825. The van der Waals surface area contributed by atoms with Crippen molar-refractivity contribution in [3.8, 4) is 5.75 Å². The van der Waals surface area contributed by atoms with Crippen LogP contribution in [-0.2, 0) is 6.61 Å². The summed E-state index contributed by atoms with van der Waals surface area (Å²) in [6.45, 7) is 2.29. The normalized spacial score (nSPS) is 10.8. The van der Waals surface area contributed by atoms with E-state index in [0.29, 0.717) is 16.6 Å². The van der Waals surface area contributed by atoms with Crippen molar-refractivity contribution in [3.05, 3.63) is 51.3 Å². The molecule has 2 heterocycles. The van der Waals surface area contributed by atoms with Crippen molar-refractivity contribution in [2.24, 2.45) is 0 Å². The maximum atomic E-state index is 11.3. The fourth-order valence-electron chi connectivity index (χ4n) is 1.79. The van der Waals surface area contributed by atoms with Crippen LogP contribution in [-0.4, -0.2) is 14.6 Å². The van der Waals surface area contributed by atoms with Crippen LogP contribution in [0.4, 0.5) is 5.82 Å². The van der Waals surface area contributed by atoms with E-state index in [9.17, 15) is 4.79 Å². The van der Waals surface area contributed by atoms with Crippen LogP contribution in [0.3, 0.4) is 0 Å². The summed E-state index contributed by atoms with van der Waals surface area (Å²) >= 11 is 1.29. The third kappa shape index (κ3) is 2.35. The van der Waals surface area contributed by atoms with Crippen molar-refractivity contribution in [3.63, 3.8) is 0 Å². The molecular formula is C13H12N4O2S. The van der Waals surface area contributed by atoms with E-state index in [-0.39, 0.29) is 11.4 Å². The van der Waals surface area contributed by atoms with Gasteiger partial charge in [0.15, 0.2) is 5.01 Å². The van der Waals surface area contributed by atoms with Crippen LogP contribution in [0, 0.1) is 6.92 Å².